The molecule has 1 fully saturated rings. The van der Waals surface area contributed by atoms with Crippen LogP contribution in [0.3, 0.4) is 0 Å². The van der Waals surface area contributed by atoms with Gasteiger partial charge in [0, 0.05) is 18.3 Å². The number of carbonyl (C=O) groups is 1. The molecule has 1 aliphatic rings. The molecule has 3 rings (SSSR count). The Labute approximate surface area is 154 Å². The summed E-state index contributed by atoms with van der Waals surface area (Å²) in [6.45, 7) is 4.34. The van der Waals surface area contributed by atoms with E-state index in [4.69, 9.17) is 4.52 Å². The van der Waals surface area contributed by atoms with Crippen LogP contribution in [0.25, 0.3) is 0 Å². The molecule has 2 aromatic heterocycles. The lowest BCUT2D eigenvalue weighted by molar-refractivity contribution is -0.134. The van der Waals surface area contributed by atoms with E-state index in [1.54, 1.807) is 6.20 Å². The van der Waals surface area contributed by atoms with Crippen molar-refractivity contribution < 1.29 is 9.32 Å². The van der Waals surface area contributed by atoms with Gasteiger partial charge >= 0.3 is 0 Å². The predicted molar refractivity (Wildman–Crippen MR) is 97.5 cm³/mol. The van der Waals surface area contributed by atoms with Gasteiger partial charge < -0.3 is 14.7 Å². The second-order valence-electron chi connectivity index (χ2n) is 6.28. The van der Waals surface area contributed by atoms with Crippen LogP contribution in [0.5, 0.6) is 0 Å². The molecular formula is C18H25ClN4O2. The first kappa shape index (κ1) is 19.4. The van der Waals surface area contributed by atoms with E-state index in [0.29, 0.717) is 12.2 Å². The van der Waals surface area contributed by atoms with Gasteiger partial charge in [0.2, 0.25) is 5.91 Å². The molecule has 0 aromatic carbocycles. The van der Waals surface area contributed by atoms with E-state index >= 15 is 0 Å². The van der Waals surface area contributed by atoms with Crippen LogP contribution in [-0.2, 0) is 17.8 Å². The molecule has 6 nitrogen and oxygen atoms in total. The maximum absolute atomic E-state index is 12.9. The van der Waals surface area contributed by atoms with E-state index in [-0.39, 0.29) is 30.8 Å². The number of pyridine rings is 1. The topological polar surface area (TPSA) is 71.3 Å². The number of hydrogen-bond acceptors (Lipinski definition) is 5. The van der Waals surface area contributed by atoms with Gasteiger partial charge in [-0.1, -0.05) is 11.2 Å². The van der Waals surface area contributed by atoms with Gasteiger partial charge in [0.05, 0.1) is 24.4 Å². The SMILES string of the molecule is Cc1cc(CC(=O)N(Cc2ccccn2)C2CCCNCC2)no1.Cl. The van der Waals surface area contributed by atoms with Crippen LogP contribution in [-0.4, -0.2) is 40.1 Å². The third-order valence-electron chi connectivity index (χ3n) is 4.37. The average molecular weight is 365 g/mol. The molecular weight excluding hydrogens is 340 g/mol. The monoisotopic (exact) mass is 364 g/mol. The van der Waals surface area contributed by atoms with E-state index in [1.165, 1.54) is 0 Å². The molecule has 1 N–H and O–H groups in total. The zero-order valence-electron chi connectivity index (χ0n) is 14.5. The average Bonchev–Trinajstić information content (AvgIpc) is 2.84. The molecule has 2 aromatic rings. The van der Waals surface area contributed by atoms with Crippen molar-refractivity contribution in [2.24, 2.45) is 0 Å². The third kappa shape index (κ3) is 5.54. The van der Waals surface area contributed by atoms with Crippen molar-refractivity contribution in [3.8, 4) is 0 Å². The fraction of sp³-hybridized carbons (Fsp3) is 0.500. The first-order chi connectivity index (χ1) is 11.7. The number of rotatable bonds is 5. The molecule has 0 aliphatic carbocycles. The molecule has 25 heavy (non-hydrogen) atoms. The number of aromatic nitrogens is 2. The van der Waals surface area contributed by atoms with Crippen molar-refractivity contribution in [3.63, 3.8) is 0 Å². The number of amides is 1. The highest BCUT2D eigenvalue weighted by Gasteiger charge is 2.25. The van der Waals surface area contributed by atoms with Crippen molar-refractivity contribution in [3.05, 3.63) is 47.6 Å². The van der Waals surface area contributed by atoms with E-state index in [0.717, 1.165) is 43.8 Å². The van der Waals surface area contributed by atoms with Crippen molar-refractivity contribution in [1.82, 2.24) is 20.4 Å². The lowest BCUT2D eigenvalue weighted by Gasteiger charge is -2.31. The van der Waals surface area contributed by atoms with Crippen LogP contribution in [0, 0.1) is 6.92 Å². The molecule has 0 spiro atoms. The van der Waals surface area contributed by atoms with Crippen molar-refractivity contribution >= 4 is 18.3 Å². The summed E-state index contributed by atoms with van der Waals surface area (Å²) >= 11 is 0. The van der Waals surface area contributed by atoms with Crippen LogP contribution in [0.1, 0.15) is 36.4 Å². The zero-order chi connectivity index (χ0) is 16.8. The van der Waals surface area contributed by atoms with Gasteiger partial charge in [0.1, 0.15) is 5.76 Å². The van der Waals surface area contributed by atoms with E-state index in [1.807, 2.05) is 36.1 Å². The number of nitrogens with zero attached hydrogens (tertiary/aromatic N) is 3. The predicted octanol–water partition coefficient (Wildman–Crippen LogP) is 2.51. The van der Waals surface area contributed by atoms with E-state index in [2.05, 4.69) is 15.5 Å². The molecule has 7 heteroatoms. The largest absolute Gasteiger partial charge is 0.361 e. The Morgan fingerprint density at radius 3 is 2.92 bits per heavy atom. The standard InChI is InChI=1S/C18H24N4O2.ClH/c1-14-11-16(21-24-14)12-18(23)22(13-15-5-2-3-9-20-15)17-6-4-8-19-10-7-17;/h2-3,5,9,11,17,19H,4,6-8,10,12-13H2,1H3;1H. The van der Waals surface area contributed by atoms with Crippen LogP contribution in [0.15, 0.2) is 35.0 Å². The van der Waals surface area contributed by atoms with Crippen LogP contribution in [0.2, 0.25) is 0 Å². The maximum atomic E-state index is 12.9. The fourth-order valence-corrected chi connectivity index (χ4v) is 3.16. The summed E-state index contributed by atoms with van der Waals surface area (Å²) in [7, 11) is 0. The summed E-state index contributed by atoms with van der Waals surface area (Å²) in [6, 6.07) is 7.88. The second kappa shape index (κ2) is 9.53. The highest BCUT2D eigenvalue weighted by molar-refractivity contribution is 5.85. The number of hydrogen-bond donors (Lipinski definition) is 1. The highest BCUT2D eigenvalue weighted by Crippen LogP contribution is 2.18. The van der Waals surface area contributed by atoms with Crippen molar-refractivity contribution in [2.45, 2.75) is 45.2 Å². The van der Waals surface area contributed by atoms with E-state index < -0.39 is 0 Å². The third-order valence-corrected chi connectivity index (χ3v) is 4.37. The van der Waals surface area contributed by atoms with Gasteiger partial charge in [-0.15, -0.1) is 12.4 Å². The molecule has 1 saturated heterocycles. The lowest BCUT2D eigenvalue weighted by atomic mass is 10.1. The molecule has 136 valence electrons. The summed E-state index contributed by atoms with van der Waals surface area (Å²) in [5.41, 5.74) is 1.61. The second-order valence-corrected chi connectivity index (χ2v) is 6.28. The van der Waals surface area contributed by atoms with Crippen LogP contribution < -0.4 is 5.32 Å². The first-order valence-corrected chi connectivity index (χ1v) is 8.54. The smallest absolute Gasteiger partial charge is 0.229 e. The Hall–Kier alpha value is -1.92. The molecule has 1 amide bonds. The Balaban J connectivity index is 0.00000225. The Kier molecular flexibility index (Phi) is 7.40. The van der Waals surface area contributed by atoms with Gasteiger partial charge in [0.15, 0.2) is 0 Å². The molecule has 1 unspecified atom stereocenters. The minimum Gasteiger partial charge on any atom is -0.361 e. The summed E-state index contributed by atoms with van der Waals surface area (Å²) < 4.78 is 5.09. The normalized spacial score (nSPS) is 17.4. The Morgan fingerprint density at radius 2 is 2.20 bits per heavy atom. The number of carbonyl (C=O) groups excluding carboxylic acids is 1. The Morgan fingerprint density at radius 1 is 1.32 bits per heavy atom. The first-order valence-electron chi connectivity index (χ1n) is 8.54. The van der Waals surface area contributed by atoms with Gasteiger partial charge in [-0.05, 0) is 51.4 Å². The fourth-order valence-electron chi connectivity index (χ4n) is 3.16. The maximum Gasteiger partial charge on any atom is 0.229 e. The van der Waals surface area contributed by atoms with Crippen LogP contribution in [0.4, 0.5) is 0 Å². The molecule has 1 atom stereocenters. The summed E-state index contributed by atoms with van der Waals surface area (Å²) in [6.07, 6.45) is 5.11. The summed E-state index contributed by atoms with van der Waals surface area (Å²) in [4.78, 5) is 19.3. The number of halogens is 1. The van der Waals surface area contributed by atoms with Gasteiger partial charge in [-0.25, -0.2) is 0 Å². The molecule has 0 radical (unpaired) electrons. The molecule has 0 bridgehead atoms. The molecule has 0 saturated carbocycles. The number of aryl methyl sites for hydroxylation is 1. The van der Waals surface area contributed by atoms with E-state index in [9.17, 15) is 4.79 Å². The van der Waals surface area contributed by atoms with Gasteiger partial charge in [0.25, 0.3) is 0 Å². The molecule has 3 heterocycles. The summed E-state index contributed by atoms with van der Waals surface area (Å²) in [5.74, 6) is 0.814. The quantitative estimate of drug-likeness (QED) is 0.882. The Bertz CT molecular complexity index is 654. The zero-order valence-corrected chi connectivity index (χ0v) is 15.3. The number of nitrogens with one attached hydrogen (secondary N) is 1. The minimum absolute atomic E-state index is 0. The van der Waals surface area contributed by atoms with Crippen molar-refractivity contribution in [2.75, 3.05) is 13.1 Å². The highest BCUT2D eigenvalue weighted by atomic mass is 35.5. The lowest BCUT2D eigenvalue weighted by Crippen LogP contribution is -2.41. The van der Waals surface area contributed by atoms with Crippen LogP contribution >= 0.6 is 12.4 Å². The van der Waals surface area contributed by atoms with Gasteiger partial charge in [-0.2, -0.15) is 0 Å². The minimum atomic E-state index is 0. The molecule has 1 aliphatic heterocycles. The van der Waals surface area contributed by atoms with Gasteiger partial charge in [-0.3, -0.25) is 9.78 Å². The van der Waals surface area contributed by atoms with Crippen molar-refractivity contribution in [1.29, 1.82) is 0 Å². The summed E-state index contributed by atoms with van der Waals surface area (Å²) in [5, 5.41) is 7.37.